The largest absolute Gasteiger partial charge is 0.337 e. The fourth-order valence-electron chi connectivity index (χ4n) is 2.34. The van der Waals surface area contributed by atoms with Gasteiger partial charge in [-0.1, -0.05) is 18.5 Å². The topological polar surface area (TPSA) is 64.9 Å². The molecule has 0 aromatic carbocycles. The van der Waals surface area contributed by atoms with Gasteiger partial charge in [0, 0.05) is 5.92 Å². The van der Waals surface area contributed by atoms with Crippen molar-refractivity contribution in [3.63, 3.8) is 0 Å². The summed E-state index contributed by atoms with van der Waals surface area (Å²) < 4.78 is 5.22. The summed E-state index contributed by atoms with van der Waals surface area (Å²) in [6.45, 7) is 6.01. The first-order valence-corrected chi connectivity index (χ1v) is 6.13. The van der Waals surface area contributed by atoms with Crippen LogP contribution in [0.2, 0.25) is 0 Å². The molecule has 90 valence electrons. The Balaban J connectivity index is 2.08. The molecular formula is C12H21N3O. The molecule has 4 heteroatoms. The Morgan fingerprint density at radius 3 is 2.69 bits per heavy atom. The zero-order valence-corrected chi connectivity index (χ0v) is 10.4. The van der Waals surface area contributed by atoms with Crippen LogP contribution in [0, 0.1) is 5.92 Å². The average Bonchev–Trinajstić information content (AvgIpc) is 2.85. The predicted molar refractivity (Wildman–Crippen MR) is 61.9 cm³/mol. The normalized spacial score (nSPS) is 26.2. The molecule has 0 spiro atoms. The maximum Gasteiger partial charge on any atom is 0.246 e. The third-order valence-electron chi connectivity index (χ3n) is 3.48. The highest BCUT2D eigenvalue weighted by Crippen LogP contribution is 2.38. The van der Waals surface area contributed by atoms with E-state index in [1.54, 1.807) is 0 Å². The first-order chi connectivity index (χ1) is 7.50. The van der Waals surface area contributed by atoms with E-state index in [0.29, 0.717) is 11.8 Å². The molecule has 1 aliphatic rings. The van der Waals surface area contributed by atoms with E-state index in [0.717, 1.165) is 11.7 Å². The van der Waals surface area contributed by atoms with Gasteiger partial charge in [0.25, 0.3) is 0 Å². The zero-order valence-electron chi connectivity index (χ0n) is 10.4. The quantitative estimate of drug-likeness (QED) is 0.855. The molecule has 1 aromatic rings. The van der Waals surface area contributed by atoms with Crippen molar-refractivity contribution in [1.82, 2.24) is 10.1 Å². The predicted octanol–water partition coefficient (Wildman–Crippen LogP) is 2.56. The van der Waals surface area contributed by atoms with Gasteiger partial charge in [-0.05, 0) is 39.0 Å². The van der Waals surface area contributed by atoms with Gasteiger partial charge in [-0.3, -0.25) is 0 Å². The van der Waals surface area contributed by atoms with Gasteiger partial charge in [0.15, 0.2) is 5.82 Å². The Bertz CT molecular complexity index is 353. The molecule has 1 aromatic heterocycles. The number of hydrogen-bond donors (Lipinski definition) is 1. The summed E-state index contributed by atoms with van der Waals surface area (Å²) in [5.74, 6) is 2.70. The van der Waals surface area contributed by atoms with Crippen LogP contribution in [0.4, 0.5) is 0 Å². The summed E-state index contributed by atoms with van der Waals surface area (Å²) in [6, 6.07) is 0. The van der Waals surface area contributed by atoms with E-state index >= 15 is 0 Å². The molecular weight excluding hydrogens is 202 g/mol. The van der Waals surface area contributed by atoms with Crippen LogP contribution in [-0.2, 0) is 5.54 Å². The van der Waals surface area contributed by atoms with E-state index in [1.807, 2.05) is 13.8 Å². The minimum Gasteiger partial charge on any atom is -0.337 e. The van der Waals surface area contributed by atoms with Crippen LogP contribution in [0.5, 0.6) is 0 Å². The van der Waals surface area contributed by atoms with Crippen molar-refractivity contribution in [2.75, 3.05) is 0 Å². The summed E-state index contributed by atoms with van der Waals surface area (Å²) in [6.07, 6.45) is 4.92. The van der Waals surface area contributed by atoms with Crippen LogP contribution in [-0.4, -0.2) is 10.1 Å². The van der Waals surface area contributed by atoms with Gasteiger partial charge in [0.1, 0.15) is 0 Å². The Labute approximate surface area is 96.6 Å². The van der Waals surface area contributed by atoms with Crippen molar-refractivity contribution < 1.29 is 4.52 Å². The lowest BCUT2D eigenvalue weighted by Crippen LogP contribution is -2.29. The molecule has 4 nitrogen and oxygen atoms in total. The summed E-state index contributed by atoms with van der Waals surface area (Å²) in [4.78, 5) is 4.43. The van der Waals surface area contributed by atoms with E-state index in [9.17, 15) is 0 Å². The second kappa shape index (κ2) is 4.17. The molecule has 0 amide bonds. The molecule has 0 aliphatic heterocycles. The van der Waals surface area contributed by atoms with Crippen molar-refractivity contribution in [1.29, 1.82) is 0 Å². The molecule has 2 unspecified atom stereocenters. The van der Waals surface area contributed by atoms with Gasteiger partial charge in [-0.15, -0.1) is 0 Å². The second-order valence-corrected chi connectivity index (χ2v) is 5.46. The van der Waals surface area contributed by atoms with Crippen molar-refractivity contribution >= 4 is 0 Å². The molecule has 2 atom stereocenters. The van der Waals surface area contributed by atoms with E-state index in [-0.39, 0.29) is 0 Å². The molecule has 1 fully saturated rings. The fourth-order valence-corrected chi connectivity index (χ4v) is 2.34. The Morgan fingerprint density at radius 1 is 1.44 bits per heavy atom. The van der Waals surface area contributed by atoms with Crippen molar-refractivity contribution in [2.24, 2.45) is 11.7 Å². The van der Waals surface area contributed by atoms with E-state index in [2.05, 4.69) is 17.1 Å². The lowest BCUT2D eigenvalue weighted by atomic mass is 10.0. The van der Waals surface area contributed by atoms with Crippen molar-refractivity contribution in [3.05, 3.63) is 11.7 Å². The van der Waals surface area contributed by atoms with Crippen LogP contribution in [0.25, 0.3) is 0 Å². The van der Waals surface area contributed by atoms with Gasteiger partial charge >= 0.3 is 0 Å². The SMILES string of the molecule is CCC1CCC(c2noc(C(C)(C)N)n2)C1. The van der Waals surface area contributed by atoms with Gasteiger partial charge < -0.3 is 10.3 Å². The van der Waals surface area contributed by atoms with Crippen molar-refractivity contribution in [3.8, 4) is 0 Å². The highest BCUT2D eigenvalue weighted by Gasteiger charge is 2.30. The van der Waals surface area contributed by atoms with Crippen LogP contribution in [0.15, 0.2) is 4.52 Å². The van der Waals surface area contributed by atoms with Crippen LogP contribution in [0.1, 0.15) is 64.1 Å². The minimum atomic E-state index is -0.534. The molecule has 1 heterocycles. The minimum absolute atomic E-state index is 0.477. The number of aromatic nitrogens is 2. The third-order valence-corrected chi connectivity index (χ3v) is 3.48. The molecule has 16 heavy (non-hydrogen) atoms. The summed E-state index contributed by atoms with van der Waals surface area (Å²) in [5, 5.41) is 4.07. The van der Waals surface area contributed by atoms with Crippen LogP contribution < -0.4 is 5.73 Å². The fraction of sp³-hybridized carbons (Fsp3) is 0.833. The number of rotatable bonds is 3. The molecule has 1 saturated carbocycles. The Kier molecular flexibility index (Phi) is 3.02. The maximum absolute atomic E-state index is 5.93. The zero-order chi connectivity index (χ0) is 11.8. The summed E-state index contributed by atoms with van der Waals surface area (Å²) in [5.41, 5.74) is 5.39. The highest BCUT2D eigenvalue weighted by atomic mass is 16.5. The molecule has 1 aliphatic carbocycles. The van der Waals surface area contributed by atoms with Crippen molar-refractivity contribution in [2.45, 2.75) is 57.9 Å². The average molecular weight is 223 g/mol. The molecule has 2 rings (SSSR count). The van der Waals surface area contributed by atoms with Gasteiger partial charge in [0.05, 0.1) is 5.54 Å². The molecule has 0 saturated heterocycles. The van der Waals surface area contributed by atoms with Crippen LogP contribution >= 0.6 is 0 Å². The van der Waals surface area contributed by atoms with Gasteiger partial charge in [-0.25, -0.2) is 0 Å². The van der Waals surface area contributed by atoms with E-state index in [1.165, 1.54) is 25.7 Å². The molecule has 0 bridgehead atoms. The standard InChI is InChI=1S/C12H21N3O/c1-4-8-5-6-9(7-8)10-14-11(16-15-10)12(2,3)13/h8-9H,4-7,13H2,1-3H3. The third kappa shape index (κ3) is 2.26. The number of nitrogens with two attached hydrogens (primary N) is 1. The first-order valence-electron chi connectivity index (χ1n) is 6.13. The lowest BCUT2D eigenvalue weighted by Gasteiger charge is -2.11. The monoisotopic (exact) mass is 223 g/mol. The van der Waals surface area contributed by atoms with Gasteiger partial charge in [0.2, 0.25) is 5.89 Å². The second-order valence-electron chi connectivity index (χ2n) is 5.46. The maximum atomic E-state index is 5.93. The van der Waals surface area contributed by atoms with Crippen LogP contribution in [0.3, 0.4) is 0 Å². The number of nitrogens with zero attached hydrogens (tertiary/aromatic N) is 2. The highest BCUT2D eigenvalue weighted by molar-refractivity contribution is 5.03. The Hall–Kier alpha value is -0.900. The number of hydrogen-bond acceptors (Lipinski definition) is 4. The summed E-state index contributed by atoms with van der Waals surface area (Å²) in [7, 11) is 0. The van der Waals surface area contributed by atoms with E-state index < -0.39 is 5.54 Å². The lowest BCUT2D eigenvalue weighted by molar-refractivity contribution is 0.308. The Morgan fingerprint density at radius 2 is 2.19 bits per heavy atom. The molecule has 2 N–H and O–H groups in total. The van der Waals surface area contributed by atoms with E-state index in [4.69, 9.17) is 10.3 Å². The first kappa shape index (κ1) is 11.6. The summed E-state index contributed by atoms with van der Waals surface area (Å²) >= 11 is 0. The smallest absolute Gasteiger partial charge is 0.246 e. The molecule has 0 radical (unpaired) electrons. The van der Waals surface area contributed by atoms with Gasteiger partial charge in [-0.2, -0.15) is 4.98 Å².